The van der Waals surface area contributed by atoms with Gasteiger partial charge in [-0.3, -0.25) is 0 Å². The third kappa shape index (κ3) is 19.3. The molecule has 0 amide bonds. The maximum Gasteiger partial charge on any atom is 2.00 e. The van der Waals surface area contributed by atoms with E-state index in [9.17, 15) is 10.2 Å². The van der Waals surface area contributed by atoms with Gasteiger partial charge < -0.3 is 51.3 Å². The Bertz CT molecular complexity index is 1190. The van der Waals surface area contributed by atoms with Crippen molar-refractivity contribution >= 4 is 58.0 Å². The van der Waals surface area contributed by atoms with Crippen molar-refractivity contribution in [3.63, 3.8) is 0 Å². The Balaban J connectivity index is 0. The van der Waals surface area contributed by atoms with Crippen LogP contribution in [0.3, 0.4) is 0 Å². The number of aliphatic carboxylic acids is 2. The summed E-state index contributed by atoms with van der Waals surface area (Å²) in [7, 11) is 0. The zero-order chi connectivity index (χ0) is 37.1. The summed E-state index contributed by atoms with van der Waals surface area (Å²) in [5.74, 6) is -2.06. The number of carboxylic acids is 2. The molecular weight excluding hydrogens is 657 g/mol. The number of nitrogens with zero attached hydrogens (tertiary/aromatic N) is 4. The number of benzene rings is 2. The van der Waals surface area contributed by atoms with Gasteiger partial charge in [0.15, 0.2) is 0 Å². The standard InChI is InChI=1S/C34H52N4O2.2C2H4O2.2Mg/c1-31(2,3)27-11-23-15-35-19-33(7,8)21-37-17-25-13-28(32(4,5)6)14-26(30(25)40)18-38-22-34(9,10)20-36-16-24(12-27)29(23)39;2*1-2(3)4;;/h11-14,39-40H,15-22H2,1-10H3;2*1H3,(H,3,4);;/q-4;;;2*+2/p-4. The SMILES string of the molecule is CC(=O)[O-].CC(=O)[O-].CC1(C)C[N-]Cc2cc(C(C)(C)C)cc(c2[O-])C[N-]CC(C)(C)C[N-]Cc2cc(C(C)(C)C)cc(c2[O-])C[N-]C1.[Mg+2].[Mg+2]. The Morgan fingerprint density at radius 3 is 0.880 bits per heavy atom. The smallest absolute Gasteiger partial charge is 0.872 e. The molecule has 0 saturated heterocycles. The molecule has 1 aliphatic heterocycles. The first-order valence-electron chi connectivity index (χ1n) is 16.4. The van der Waals surface area contributed by atoms with E-state index in [1.54, 1.807) is 0 Å². The monoisotopic (exact) mass is 712 g/mol. The van der Waals surface area contributed by atoms with Gasteiger partial charge in [-0.2, -0.15) is 0 Å². The van der Waals surface area contributed by atoms with Crippen LogP contribution in [-0.4, -0.2) is 84.2 Å². The molecule has 0 unspecified atom stereocenters. The number of hydrogen-bond donors (Lipinski definition) is 0. The molecule has 0 spiro atoms. The van der Waals surface area contributed by atoms with Crippen molar-refractivity contribution < 1.29 is 30.0 Å². The molecule has 0 aromatic heterocycles. The fourth-order valence-corrected chi connectivity index (χ4v) is 4.86. The molecule has 10 nitrogen and oxygen atoms in total. The Morgan fingerprint density at radius 2 is 0.720 bits per heavy atom. The van der Waals surface area contributed by atoms with Crippen LogP contribution in [0.1, 0.15) is 116 Å². The first-order chi connectivity index (χ1) is 21.8. The van der Waals surface area contributed by atoms with Gasteiger partial charge in [0, 0.05) is 11.9 Å². The van der Waals surface area contributed by atoms with E-state index in [-0.39, 0.29) is 79.3 Å². The van der Waals surface area contributed by atoms with Crippen molar-refractivity contribution in [1.82, 2.24) is 0 Å². The van der Waals surface area contributed by atoms with E-state index >= 15 is 0 Å². The van der Waals surface area contributed by atoms with Crippen LogP contribution in [0, 0.1) is 10.8 Å². The summed E-state index contributed by atoms with van der Waals surface area (Å²) in [6, 6.07) is 8.10. The molecule has 272 valence electrons. The number of rotatable bonds is 0. The van der Waals surface area contributed by atoms with Crippen LogP contribution in [0.5, 0.6) is 11.5 Å². The second-order valence-corrected chi connectivity index (χ2v) is 16.2. The zero-order valence-corrected chi connectivity index (χ0v) is 35.4. The van der Waals surface area contributed by atoms with Crippen LogP contribution in [0.15, 0.2) is 24.3 Å². The third-order valence-electron chi connectivity index (χ3n) is 7.51. The Labute approximate surface area is 333 Å². The Kier molecular flexibility index (Phi) is 22.0. The van der Waals surface area contributed by atoms with E-state index in [4.69, 9.17) is 41.1 Å². The van der Waals surface area contributed by atoms with Crippen LogP contribution in [-0.2, 0) is 46.6 Å². The van der Waals surface area contributed by atoms with Gasteiger partial charge in [0.2, 0.25) is 0 Å². The Hall–Kier alpha value is -1.65. The molecule has 4 bridgehead atoms. The molecule has 0 N–H and O–H groups in total. The van der Waals surface area contributed by atoms with E-state index in [0.29, 0.717) is 52.4 Å². The van der Waals surface area contributed by atoms with Gasteiger partial charge in [-0.05, 0) is 35.8 Å². The van der Waals surface area contributed by atoms with Crippen molar-refractivity contribution in [3.05, 3.63) is 78.9 Å². The summed E-state index contributed by atoms with van der Waals surface area (Å²) in [6.07, 6.45) is 0. The molecule has 0 fully saturated rings. The van der Waals surface area contributed by atoms with Crippen molar-refractivity contribution in [3.8, 4) is 11.5 Å². The van der Waals surface area contributed by atoms with Gasteiger partial charge in [-0.15, -0.1) is 63.9 Å². The minimum absolute atomic E-state index is 0. The minimum atomic E-state index is -1.08. The van der Waals surface area contributed by atoms with Gasteiger partial charge in [0.25, 0.3) is 0 Å². The molecule has 0 atom stereocenters. The van der Waals surface area contributed by atoms with Crippen LogP contribution >= 0.6 is 0 Å². The molecule has 2 aromatic carbocycles. The van der Waals surface area contributed by atoms with E-state index in [1.165, 1.54) is 0 Å². The summed E-state index contributed by atoms with van der Waals surface area (Å²) >= 11 is 0. The van der Waals surface area contributed by atoms with Gasteiger partial charge in [-0.25, -0.2) is 0 Å². The normalized spacial score (nSPS) is 16.7. The van der Waals surface area contributed by atoms with E-state index in [1.807, 2.05) is 24.3 Å². The van der Waals surface area contributed by atoms with Gasteiger partial charge in [-0.1, -0.05) is 127 Å². The summed E-state index contributed by atoms with van der Waals surface area (Å²) in [5, 5.41) is 63.8. The molecule has 3 rings (SSSR count). The van der Waals surface area contributed by atoms with E-state index < -0.39 is 11.9 Å². The average Bonchev–Trinajstić information content (AvgIpc) is 2.89. The number of carbonyl (C=O) groups is 2. The fourth-order valence-electron chi connectivity index (χ4n) is 4.86. The van der Waals surface area contributed by atoms with Crippen molar-refractivity contribution in [2.24, 2.45) is 10.8 Å². The molecule has 1 heterocycles. The minimum Gasteiger partial charge on any atom is -0.872 e. The molecule has 12 heteroatoms. The molecule has 1 aliphatic rings. The fraction of sp³-hybridized carbons (Fsp3) is 0.632. The summed E-state index contributed by atoms with van der Waals surface area (Å²) in [4.78, 5) is 17.8. The maximum atomic E-state index is 13.4. The van der Waals surface area contributed by atoms with E-state index in [0.717, 1.165) is 47.2 Å². The summed E-state index contributed by atoms with van der Waals surface area (Å²) in [5.41, 5.74) is 4.68. The zero-order valence-electron chi connectivity index (χ0n) is 32.6. The first kappa shape index (κ1) is 50.5. The number of carbonyl (C=O) groups excluding carboxylic acids is 2. The maximum absolute atomic E-state index is 13.4. The van der Waals surface area contributed by atoms with Crippen LogP contribution < -0.4 is 20.4 Å². The molecule has 50 heavy (non-hydrogen) atoms. The second-order valence-electron chi connectivity index (χ2n) is 16.2. The quantitative estimate of drug-likeness (QED) is 0.364. The van der Waals surface area contributed by atoms with Crippen molar-refractivity contribution in [2.75, 3.05) is 26.2 Å². The predicted octanol–water partition coefficient (Wildman–Crippen LogP) is 4.44. The number of fused-ring (bicyclic) bond motifs is 4. The largest absolute Gasteiger partial charge is 2.00 e. The average molecular weight is 713 g/mol. The van der Waals surface area contributed by atoms with Crippen LogP contribution in [0.2, 0.25) is 0 Å². The second kappa shape index (κ2) is 21.8. The summed E-state index contributed by atoms with van der Waals surface area (Å²) < 4.78 is 0. The number of hydrogen-bond acceptors (Lipinski definition) is 6. The van der Waals surface area contributed by atoms with E-state index in [2.05, 4.69) is 69.2 Å². The molecule has 0 aliphatic carbocycles. The molecular formula is C38H56Mg2N4O6-4. The van der Waals surface area contributed by atoms with Gasteiger partial charge in [0.05, 0.1) is 0 Å². The van der Waals surface area contributed by atoms with Crippen molar-refractivity contribution in [2.45, 2.75) is 120 Å². The molecule has 0 saturated carbocycles. The number of carboxylic acid groups (broad SMARTS) is 2. The van der Waals surface area contributed by atoms with Gasteiger partial charge in [0.1, 0.15) is 0 Å². The predicted molar refractivity (Wildman–Crippen MR) is 197 cm³/mol. The molecule has 2 aromatic rings. The van der Waals surface area contributed by atoms with Crippen LogP contribution in [0.25, 0.3) is 21.3 Å². The van der Waals surface area contributed by atoms with Crippen LogP contribution in [0.4, 0.5) is 0 Å². The Morgan fingerprint density at radius 1 is 0.540 bits per heavy atom. The topological polar surface area (TPSA) is 183 Å². The third-order valence-corrected chi connectivity index (χ3v) is 7.51. The first-order valence-corrected chi connectivity index (χ1v) is 16.4. The van der Waals surface area contributed by atoms with Crippen molar-refractivity contribution in [1.29, 1.82) is 0 Å². The summed E-state index contributed by atoms with van der Waals surface area (Å²) in [6.45, 7) is 27.3. The van der Waals surface area contributed by atoms with Gasteiger partial charge >= 0.3 is 46.1 Å². The molecule has 0 radical (unpaired) electrons.